The van der Waals surface area contributed by atoms with Gasteiger partial charge in [-0.25, -0.2) is 0 Å². The number of ether oxygens (including phenoxy) is 1. The fourth-order valence-electron chi connectivity index (χ4n) is 1.37. The molecule has 0 bridgehead atoms. The number of rotatable bonds is 9. The molecule has 0 spiro atoms. The number of likely N-dealkylation sites (N-methyl/N-ethyl adjacent to an activating group) is 1. The third-order valence-corrected chi connectivity index (χ3v) is 2.33. The molecule has 0 radical (unpaired) electrons. The van der Waals surface area contributed by atoms with Gasteiger partial charge in [-0.15, -0.1) is 0 Å². The summed E-state index contributed by atoms with van der Waals surface area (Å²) in [5, 5.41) is 8.44. The van der Waals surface area contributed by atoms with Gasteiger partial charge in [0.1, 0.15) is 0 Å². The lowest BCUT2D eigenvalue weighted by Gasteiger charge is -2.20. The molecule has 0 aromatic rings. The molecular weight excluding hydrogens is 210 g/mol. The van der Waals surface area contributed by atoms with Gasteiger partial charge in [-0.1, -0.05) is 0 Å². The Bertz CT molecular complexity index is 218. The second-order valence-electron chi connectivity index (χ2n) is 3.57. The standard InChI is InChI=1S/C11H21NO4/c1-3-12(8-9-16-2)10(13)6-4-5-7-11(14)15/h3-9H2,1-2H3,(H,14,15). The molecule has 5 nitrogen and oxygen atoms in total. The van der Waals surface area contributed by atoms with Gasteiger partial charge in [0.05, 0.1) is 6.61 Å². The van der Waals surface area contributed by atoms with Crippen molar-refractivity contribution in [1.82, 2.24) is 4.90 Å². The van der Waals surface area contributed by atoms with E-state index in [0.717, 1.165) is 0 Å². The summed E-state index contributed by atoms with van der Waals surface area (Å²) in [6.45, 7) is 3.73. The first-order chi connectivity index (χ1) is 7.61. The maximum Gasteiger partial charge on any atom is 0.303 e. The number of methoxy groups -OCH3 is 1. The van der Waals surface area contributed by atoms with Crippen molar-refractivity contribution >= 4 is 11.9 Å². The molecular formula is C11H21NO4. The van der Waals surface area contributed by atoms with E-state index in [0.29, 0.717) is 39.0 Å². The molecule has 0 saturated heterocycles. The Hall–Kier alpha value is -1.10. The maximum atomic E-state index is 11.6. The number of carbonyl (C=O) groups excluding carboxylic acids is 1. The molecule has 0 aliphatic rings. The van der Waals surface area contributed by atoms with Crippen LogP contribution in [0.4, 0.5) is 0 Å². The highest BCUT2D eigenvalue weighted by Gasteiger charge is 2.10. The minimum Gasteiger partial charge on any atom is -0.481 e. The van der Waals surface area contributed by atoms with E-state index in [-0.39, 0.29) is 12.3 Å². The fraction of sp³-hybridized carbons (Fsp3) is 0.818. The highest BCUT2D eigenvalue weighted by Crippen LogP contribution is 2.03. The molecule has 0 heterocycles. The maximum absolute atomic E-state index is 11.6. The lowest BCUT2D eigenvalue weighted by atomic mass is 10.2. The van der Waals surface area contributed by atoms with Crippen molar-refractivity contribution in [2.45, 2.75) is 32.6 Å². The zero-order valence-corrected chi connectivity index (χ0v) is 10.1. The van der Waals surface area contributed by atoms with Crippen LogP contribution >= 0.6 is 0 Å². The molecule has 0 unspecified atom stereocenters. The quantitative estimate of drug-likeness (QED) is 0.604. The number of aliphatic carboxylic acids is 1. The Morgan fingerprint density at radius 1 is 1.25 bits per heavy atom. The molecule has 16 heavy (non-hydrogen) atoms. The third kappa shape index (κ3) is 7.23. The number of hydrogen-bond acceptors (Lipinski definition) is 3. The number of nitrogens with zero attached hydrogens (tertiary/aromatic N) is 1. The van der Waals surface area contributed by atoms with Crippen LogP contribution in [0.2, 0.25) is 0 Å². The molecule has 0 fully saturated rings. The normalized spacial score (nSPS) is 10.1. The minimum atomic E-state index is -0.806. The Kier molecular flexibility index (Phi) is 8.52. The summed E-state index contributed by atoms with van der Waals surface area (Å²) in [6, 6.07) is 0. The molecule has 5 heteroatoms. The van der Waals surface area contributed by atoms with Gasteiger partial charge in [-0.3, -0.25) is 9.59 Å². The van der Waals surface area contributed by atoms with E-state index in [9.17, 15) is 9.59 Å². The first-order valence-corrected chi connectivity index (χ1v) is 5.60. The first-order valence-electron chi connectivity index (χ1n) is 5.60. The largest absolute Gasteiger partial charge is 0.481 e. The molecule has 0 aromatic carbocycles. The fourth-order valence-corrected chi connectivity index (χ4v) is 1.37. The lowest BCUT2D eigenvalue weighted by molar-refractivity contribution is -0.137. The summed E-state index contributed by atoms with van der Waals surface area (Å²) < 4.78 is 4.91. The van der Waals surface area contributed by atoms with E-state index < -0.39 is 5.97 Å². The van der Waals surface area contributed by atoms with E-state index in [1.165, 1.54) is 0 Å². The van der Waals surface area contributed by atoms with Crippen LogP contribution in [0.15, 0.2) is 0 Å². The molecule has 0 aliphatic heterocycles. The Morgan fingerprint density at radius 2 is 1.88 bits per heavy atom. The van der Waals surface area contributed by atoms with Crippen molar-refractivity contribution in [2.75, 3.05) is 26.8 Å². The molecule has 0 aromatic heterocycles. The molecule has 0 aliphatic carbocycles. The summed E-state index contributed by atoms with van der Waals surface area (Å²) >= 11 is 0. The number of amides is 1. The Labute approximate surface area is 96.4 Å². The van der Waals surface area contributed by atoms with Gasteiger partial charge in [0, 0.05) is 33.0 Å². The van der Waals surface area contributed by atoms with Crippen LogP contribution in [0.1, 0.15) is 32.6 Å². The molecule has 0 atom stereocenters. The van der Waals surface area contributed by atoms with Crippen LogP contribution in [0, 0.1) is 0 Å². The van der Waals surface area contributed by atoms with Crippen molar-refractivity contribution in [3.05, 3.63) is 0 Å². The van der Waals surface area contributed by atoms with Crippen LogP contribution < -0.4 is 0 Å². The molecule has 0 saturated carbocycles. The average Bonchev–Trinajstić information content (AvgIpc) is 2.25. The number of carboxylic acids is 1. The van der Waals surface area contributed by atoms with Gasteiger partial charge in [-0.05, 0) is 19.8 Å². The summed E-state index contributed by atoms with van der Waals surface area (Å²) in [7, 11) is 1.60. The van der Waals surface area contributed by atoms with Gasteiger partial charge in [0.2, 0.25) is 5.91 Å². The van der Waals surface area contributed by atoms with E-state index in [2.05, 4.69) is 0 Å². The Morgan fingerprint density at radius 3 is 2.38 bits per heavy atom. The highest BCUT2D eigenvalue weighted by atomic mass is 16.5. The first kappa shape index (κ1) is 14.9. The molecule has 0 rings (SSSR count). The van der Waals surface area contributed by atoms with E-state index in [1.54, 1.807) is 12.0 Å². The van der Waals surface area contributed by atoms with Crippen molar-refractivity contribution in [3.63, 3.8) is 0 Å². The second kappa shape index (κ2) is 9.15. The van der Waals surface area contributed by atoms with Gasteiger partial charge in [0.15, 0.2) is 0 Å². The van der Waals surface area contributed by atoms with E-state index >= 15 is 0 Å². The van der Waals surface area contributed by atoms with Crippen LogP contribution in [0.3, 0.4) is 0 Å². The van der Waals surface area contributed by atoms with Crippen molar-refractivity contribution in [2.24, 2.45) is 0 Å². The van der Waals surface area contributed by atoms with Crippen LogP contribution in [-0.4, -0.2) is 48.7 Å². The number of hydrogen-bond donors (Lipinski definition) is 1. The second-order valence-corrected chi connectivity index (χ2v) is 3.57. The zero-order valence-electron chi connectivity index (χ0n) is 10.1. The van der Waals surface area contributed by atoms with Gasteiger partial charge in [-0.2, -0.15) is 0 Å². The van der Waals surface area contributed by atoms with Crippen LogP contribution in [-0.2, 0) is 14.3 Å². The van der Waals surface area contributed by atoms with E-state index in [1.807, 2.05) is 6.92 Å². The monoisotopic (exact) mass is 231 g/mol. The number of unbranched alkanes of at least 4 members (excludes halogenated alkanes) is 1. The summed E-state index contributed by atoms with van der Waals surface area (Å²) in [5.41, 5.74) is 0. The van der Waals surface area contributed by atoms with Crippen molar-refractivity contribution in [3.8, 4) is 0 Å². The van der Waals surface area contributed by atoms with Gasteiger partial charge < -0.3 is 14.7 Å². The predicted octanol–water partition coefficient (Wildman–Crippen LogP) is 1.13. The topological polar surface area (TPSA) is 66.8 Å². The minimum absolute atomic E-state index is 0.0740. The molecule has 1 N–H and O–H groups in total. The third-order valence-electron chi connectivity index (χ3n) is 2.33. The Balaban J connectivity index is 3.70. The predicted molar refractivity (Wildman–Crippen MR) is 60.2 cm³/mol. The van der Waals surface area contributed by atoms with Crippen molar-refractivity contribution in [1.29, 1.82) is 0 Å². The number of carboxylic acid groups (broad SMARTS) is 1. The van der Waals surface area contributed by atoms with Gasteiger partial charge >= 0.3 is 5.97 Å². The summed E-state index contributed by atoms with van der Waals surface area (Å²) in [6.07, 6.45) is 1.75. The number of carbonyl (C=O) groups is 2. The smallest absolute Gasteiger partial charge is 0.303 e. The zero-order chi connectivity index (χ0) is 12.4. The average molecular weight is 231 g/mol. The van der Waals surface area contributed by atoms with E-state index in [4.69, 9.17) is 9.84 Å². The van der Waals surface area contributed by atoms with Crippen molar-refractivity contribution < 1.29 is 19.4 Å². The SMILES string of the molecule is CCN(CCOC)C(=O)CCCCC(=O)O. The highest BCUT2D eigenvalue weighted by molar-refractivity contribution is 5.76. The lowest BCUT2D eigenvalue weighted by Crippen LogP contribution is -2.33. The molecule has 94 valence electrons. The van der Waals surface area contributed by atoms with Crippen LogP contribution in [0.5, 0.6) is 0 Å². The van der Waals surface area contributed by atoms with Gasteiger partial charge in [0.25, 0.3) is 0 Å². The summed E-state index contributed by atoms with van der Waals surface area (Å²) in [5.74, 6) is -0.732. The van der Waals surface area contributed by atoms with Crippen LogP contribution in [0.25, 0.3) is 0 Å². The summed E-state index contributed by atoms with van der Waals surface area (Å²) in [4.78, 5) is 23.6. The molecule has 1 amide bonds.